The molecule has 1 aliphatic rings. The van der Waals surface area contributed by atoms with Crippen molar-refractivity contribution in [2.24, 2.45) is 0 Å². The third-order valence-electron chi connectivity index (χ3n) is 3.41. The van der Waals surface area contributed by atoms with E-state index in [1.54, 1.807) is 6.92 Å². The van der Waals surface area contributed by atoms with E-state index in [2.05, 4.69) is 10.2 Å². The van der Waals surface area contributed by atoms with E-state index in [1.807, 2.05) is 28.7 Å². The van der Waals surface area contributed by atoms with Crippen molar-refractivity contribution in [1.29, 1.82) is 0 Å². The lowest BCUT2D eigenvalue weighted by Gasteiger charge is -2.28. The van der Waals surface area contributed by atoms with Gasteiger partial charge in [-0.1, -0.05) is 11.6 Å². The molecule has 19 heavy (non-hydrogen) atoms. The van der Waals surface area contributed by atoms with E-state index in [9.17, 15) is 12.9 Å². The maximum absolute atomic E-state index is 13.0. The third-order valence-corrected chi connectivity index (χ3v) is 4.53. The van der Waals surface area contributed by atoms with Crippen molar-refractivity contribution in [2.75, 3.05) is 26.2 Å². The van der Waals surface area contributed by atoms with E-state index in [-0.39, 0.29) is 0 Å². The number of hydrogen-bond donors (Lipinski definition) is 1. The van der Waals surface area contributed by atoms with Gasteiger partial charge in [0.1, 0.15) is 0 Å². The van der Waals surface area contributed by atoms with Gasteiger partial charge in [-0.25, -0.2) is 0 Å². The monoisotopic (exact) mass is 383 g/mol. The maximum atomic E-state index is 13.0. The third kappa shape index (κ3) is 3.85. The Hall–Kier alpha value is -0.275. The molecule has 0 aliphatic carbocycles. The highest BCUT2D eigenvalue weighted by atomic mass is 127. The molecular formula is C12H16BF3IN2-. The van der Waals surface area contributed by atoms with Gasteiger partial charge < -0.3 is 18.3 Å². The molecule has 7 heteroatoms. The number of halogens is 4. The zero-order valence-electron chi connectivity index (χ0n) is 10.7. The topological polar surface area (TPSA) is 15.3 Å². The molecule has 106 valence electrons. The van der Waals surface area contributed by atoms with Crippen LogP contribution in [0.1, 0.15) is 11.1 Å². The highest BCUT2D eigenvalue weighted by Gasteiger charge is 2.28. The minimum absolute atomic E-state index is 0.345. The molecule has 0 amide bonds. The summed E-state index contributed by atoms with van der Waals surface area (Å²) in [6.45, 7) is 0.777. The molecule has 0 radical (unpaired) electrons. The van der Waals surface area contributed by atoms with Gasteiger partial charge in [-0.3, -0.25) is 4.90 Å². The molecule has 0 unspecified atom stereocenters. The van der Waals surface area contributed by atoms with Gasteiger partial charge in [-0.2, -0.15) is 0 Å². The smallest absolute Gasteiger partial charge is 0.445 e. The normalized spacial score (nSPS) is 17.7. The van der Waals surface area contributed by atoms with Crippen LogP contribution in [0.4, 0.5) is 12.9 Å². The van der Waals surface area contributed by atoms with Gasteiger partial charge >= 0.3 is 6.98 Å². The van der Waals surface area contributed by atoms with Crippen LogP contribution in [0.15, 0.2) is 12.1 Å². The zero-order chi connectivity index (χ0) is 14.0. The second-order valence-corrected chi connectivity index (χ2v) is 6.05. The fourth-order valence-corrected chi connectivity index (χ4v) is 3.03. The van der Waals surface area contributed by atoms with Crippen molar-refractivity contribution in [1.82, 2.24) is 10.2 Å². The van der Waals surface area contributed by atoms with E-state index in [4.69, 9.17) is 0 Å². The summed E-state index contributed by atoms with van der Waals surface area (Å²) in [5.74, 6) is 0. The van der Waals surface area contributed by atoms with Crippen molar-refractivity contribution in [3.8, 4) is 0 Å². The Morgan fingerprint density at radius 3 is 2.47 bits per heavy atom. The summed E-state index contributed by atoms with van der Waals surface area (Å²) < 4.78 is 39.8. The SMILES string of the molecule is Cc1c(I)cc(CN2CCNCC2)cc1[B-](F)(F)F. The lowest BCUT2D eigenvalue weighted by molar-refractivity contribution is 0.233. The summed E-state index contributed by atoms with van der Waals surface area (Å²) in [5.41, 5.74) is 0.653. The van der Waals surface area contributed by atoms with Crippen molar-refractivity contribution in [3.63, 3.8) is 0 Å². The van der Waals surface area contributed by atoms with E-state index < -0.39 is 12.4 Å². The highest BCUT2D eigenvalue weighted by Crippen LogP contribution is 2.19. The number of rotatable bonds is 3. The van der Waals surface area contributed by atoms with Crippen LogP contribution in [-0.2, 0) is 6.54 Å². The Morgan fingerprint density at radius 1 is 1.26 bits per heavy atom. The molecule has 1 heterocycles. The number of hydrogen-bond acceptors (Lipinski definition) is 2. The minimum Gasteiger partial charge on any atom is -0.445 e. The molecule has 1 aliphatic heterocycles. The van der Waals surface area contributed by atoms with Crippen LogP contribution >= 0.6 is 22.6 Å². The van der Waals surface area contributed by atoms with Crippen LogP contribution in [0.3, 0.4) is 0 Å². The molecule has 1 N–H and O–H groups in total. The highest BCUT2D eigenvalue weighted by molar-refractivity contribution is 14.1. The van der Waals surface area contributed by atoms with Crippen LogP contribution < -0.4 is 10.8 Å². The number of nitrogens with zero attached hydrogens (tertiary/aromatic N) is 1. The maximum Gasteiger partial charge on any atom is 0.509 e. The Labute approximate surface area is 124 Å². The second-order valence-electron chi connectivity index (χ2n) is 4.89. The first-order valence-electron chi connectivity index (χ1n) is 6.30. The van der Waals surface area contributed by atoms with Crippen LogP contribution in [0.25, 0.3) is 0 Å². The molecule has 2 nitrogen and oxygen atoms in total. The van der Waals surface area contributed by atoms with E-state index in [0.717, 1.165) is 31.7 Å². The molecule has 0 atom stereocenters. The fourth-order valence-electron chi connectivity index (χ4n) is 2.32. The average Bonchev–Trinajstić information content (AvgIpc) is 2.33. The molecular weight excluding hydrogens is 367 g/mol. The van der Waals surface area contributed by atoms with Gasteiger partial charge in [0.05, 0.1) is 0 Å². The average molecular weight is 383 g/mol. The fraction of sp³-hybridized carbons (Fsp3) is 0.500. The van der Waals surface area contributed by atoms with E-state index >= 15 is 0 Å². The first-order valence-corrected chi connectivity index (χ1v) is 7.38. The quantitative estimate of drug-likeness (QED) is 0.636. The Morgan fingerprint density at radius 2 is 1.89 bits per heavy atom. The molecule has 0 saturated carbocycles. The predicted octanol–water partition coefficient (Wildman–Crippen LogP) is 2.06. The Kier molecular flexibility index (Phi) is 4.78. The largest absolute Gasteiger partial charge is 0.509 e. The molecule has 1 aromatic carbocycles. The van der Waals surface area contributed by atoms with Crippen LogP contribution in [0.5, 0.6) is 0 Å². The summed E-state index contributed by atoms with van der Waals surface area (Å²) in [6, 6.07) is 3.18. The number of piperazine rings is 1. The minimum atomic E-state index is -4.93. The first-order chi connectivity index (χ1) is 8.88. The van der Waals surface area contributed by atoms with Gasteiger partial charge in [0.15, 0.2) is 0 Å². The van der Waals surface area contributed by atoms with Gasteiger partial charge in [-0.15, -0.1) is 5.46 Å². The molecule has 2 rings (SSSR count). The predicted molar refractivity (Wildman–Crippen MR) is 80.8 cm³/mol. The van der Waals surface area contributed by atoms with Crippen molar-refractivity contribution in [2.45, 2.75) is 13.5 Å². The second kappa shape index (κ2) is 6.01. The summed E-state index contributed by atoms with van der Waals surface area (Å²) in [7, 11) is 0. The molecule has 0 bridgehead atoms. The van der Waals surface area contributed by atoms with Crippen LogP contribution in [0, 0.1) is 10.5 Å². The van der Waals surface area contributed by atoms with Gasteiger partial charge in [0, 0.05) is 36.3 Å². The van der Waals surface area contributed by atoms with Crippen LogP contribution in [-0.4, -0.2) is 38.1 Å². The van der Waals surface area contributed by atoms with Gasteiger partial charge in [-0.05, 0) is 41.1 Å². The van der Waals surface area contributed by atoms with Crippen LogP contribution in [0.2, 0.25) is 0 Å². The zero-order valence-corrected chi connectivity index (χ0v) is 12.9. The molecule has 1 fully saturated rings. The summed E-state index contributed by atoms with van der Waals surface area (Å²) in [4.78, 5) is 2.18. The van der Waals surface area contributed by atoms with Gasteiger partial charge in [0.2, 0.25) is 0 Å². The Balaban J connectivity index is 2.23. The van der Waals surface area contributed by atoms with Crippen molar-refractivity contribution in [3.05, 3.63) is 26.8 Å². The van der Waals surface area contributed by atoms with Gasteiger partial charge in [0.25, 0.3) is 0 Å². The molecule has 0 spiro atoms. The van der Waals surface area contributed by atoms with E-state index in [1.165, 1.54) is 6.07 Å². The standard InChI is InChI=1S/C12H16BF3IN2/c1-9-11(13(14,15)16)6-10(7-12(9)17)8-19-4-2-18-3-5-19/h6-7,18H,2-5,8H2,1H3/q-1. The van der Waals surface area contributed by atoms with Crippen molar-refractivity contribution < 1.29 is 12.9 Å². The number of nitrogens with one attached hydrogen (secondary N) is 1. The first kappa shape index (κ1) is 15.1. The summed E-state index contributed by atoms with van der Waals surface area (Å²) in [6.07, 6.45) is 0. The summed E-state index contributed by atoms with van der Waals surface area (Å²) >= 11 is 1.99. The molecule has 0 aromatic heterocycles. The lowest BCUT2D eigenvalue weighted by atomic mass is 9.76. The number of benzene rings is 1. The van der Waals surface area contributed by atoms with E-state index in [0.29, 0.717) is 15.7 Å². The lowest BCUT2D eigenvalue weighted by Crippen LogP contribution is -2.43. The molecule has 1 saturated heterocycles. The van der Waals surface area contributed by atoms with Crippen molar-refractivity contribution >= 4 is 35.0 Å². The Bertz CT molecular complexity index is 459. The molecule has 1 aromatic rings. The summed E-state index contributed by atoms with van der Waals surface area (Å²) in [5, 5.41) is 3.24.